The summed E-state index contributed by atoms with van der Waals surface area (Å²) in [5.41, 5.74) is 0.0349. The minimum Gasteiger partial charge on any atom is -0.493 e. The van der Waals surface area contributed by atoms with E-state index >= 15 is 0 Å². The van der Waals surface area contributed by atoms with Crippen LogP contribution in [0.2, 0.25) is 0 Å². The van der Waals surface area contributed by atoms with Crippen LogP contribution in [-0.2, 0) is 14.3 Å². The van der Waals surface area contributed by atoms with E-state index in [4.69, 9.17) is 14.2 Å². The fraction of sp³-hybridized carbons (Fsp3) is 0.619. The predicted octanol–water partition coefficient (Wildman–Crippen LogP) is 4.19. The van der Waals surface area contributed by atoms with E-state index in [9.17, 15) is 9.59 Å². The molecule has 150 valence electrons. The molecule has 1 N–H and O–H groups in total. The van der Waals surface area contributed by atoms with Gasteiger partial charge in [0.05, 0.1) is 13.2 Å². The highest BCUT2D eigenvalue weighted by Gasteiger charge is 2.42. The predicted molar refractivity (Wildman–Crippen MR) is 104 cm³/mol. The molecule has 0 atom stereocenters. The Balaban J connectivity index is 2.23. The third-order valence-electron chi connectivity index (χ3n) is 4.95. The molecule has 0 bridgehead atoms. The van der Waals surface area contributed by atoms with E-state index in [1.807, 2.05) is 13.8 Å². The van der Waals surface area contributed by atoms with E-state index in [1.165, 1.54) is 0 Å². The molecule has 0 aromatic heterocycles. The fourth-order valence-electron chi connectivity index (χ4n) is 3.44. The Morgan fingerprint density at radius 3 is 2.41 bits per heavy atom. The molecule has 6 heteroatoms. The Morgan fingerprint density at radius 1 is 1.11 bits per heavy atom. The average molecular weight is 377 g/mol. The first-order valence-corrected chi connectivity index (χ1v) is 9.85. The zero-order chi connectivity index (χ0) is 19.9. The molecular weight excluding hydrogens is 346 g/mol. The lowest BCUT2D eigenvalue weighted by molar-refractivity contribution is -0.146. The molecule has 1 fully saturated rings. The fourth-order valence-corrected chi connectivity index (χ4v) is 3.44. The molecule has 6 nitrogen and oxygen atoms in total. The lowest BCUT2D eigenvalue weighted by atomic mass is 9.78. The molecule has 0 unspecified atom stereocenters. The second-order valence-electron chi connectivity index (χ2n) is 6.93. The van der Waals surface area contributed by atoms with E-state index in [-0.39, 0.29) is 12.5 Å². The van der Waals surface area contributed by atoms with Gasteiger partial charge in [0.2, 0.25) is 0 Å². The lowest BCUT2D eigenvalue weighted by Crippen LogP contribution is -2.48. The lowest BCUT2D eigenvalue weighted by Gasteiger charge is -2.37. The van der Waals surface area contributed by atoms with E-state index in [1.54, 1.807) is 25.1 Å². The largest absolute Gasteiger partial charge is 0.493 e. The summed E-state index contributed by atoms with van der Waals surface area (Å²) in [6.45, 7) is 8.89. The topological polar surface area (TPSA) is 73.9 Å². The zero-order valence-electron chi connectivity index (χ0n) is 16.8. The SMILES string of the molecule is CCOC(=O)c1cc(NC(=O)C2(OCC)CCC(C)CC2)ccc1OCC. The van der Waals surface area contributed by atoms with Gasteiger partial charge >= 0.3 is 5.97 Å². The second-order valence-corrected chi connectivity index (χ2v) is 6.93. The average Bonchev–Trinajstić information content (AvgIpc) is 2.65. The standard InChI is InChI=1S/C21H31NO5/c1-5-25-18-9-8-16(14-17(18)19(23)26-6-2)22-20(24)21(27-7-3)12-10-15(4)11-13-21/h8-9,14-15H,5-7,10-13H2,1-4H3,(H,22,24). The summed E-state index contributed by atoms with van der Waals surface area (Å²) in [7, 11) is 0. The summed E-state index contributed by atoms with van der Waals surface area (Å²) in [5, 5.41) is 2.93. The Bertz CT molecular complexity index is 650. The van der Waals surface area contributed by atoms with Crippen LogP contribution < -0.4 is 10.1 Å². The molecule has 0 radical (unpaired) electrons. The molecule has 1 aliphatic rings. The van der Waals surface area contributed by atoms with Crippen LogP contribution in [0.25, 0.3) is 0 Å². The zero-order valence-corrected chi connectivity index (χ0v) is 16.8. The van der Waals surface area contributed by atoms with Gasteiger partial charge in [-0.2, -0.15) is 0 Å². The molecule has 27 heavy (non-hydrogen) atoms. The van der Waals surface area contributed by atoms with Crippen LogP contribution in [0.1, 0.15) is 63.7 Å². The van der Waals surface area contributed by atoms with Crippen molar-refractivity contribution >= 4 is 17.6 Å². The van der Waals surface area contributed by atoms with Gasteiger partial charge in [-0.3, -0.25) is 4.79 Å². The number of hydrogen-bond acceptors (Lipinski definition) is 5. The summed E-state index contributed by atoms with van der Waals surface area (Å²) in [6, 6.07) is 5.02. The van der Waals surface area contributed by atoms with Gasteiger partial charge in [0.1, 0.15) is 16.9 Å². The number of benzene rings is 1. The number of rotatable bonds is 8. The minimum atomic E-state index is -0.802. The van der Waals surface area contributed by atoms with Crippen LogP contribution in [0, 0.1) is 5.92 Å². The summed E-state index contributed by atoms with van der Waals surface area (Å²) in [6.07, 6.45) is 3.33. The van der Waals surface area contributed by atoms with E-state index in [0.29, 0.717) is 49.0 Å². The smallest absolute Gasteiger partial charge is 0.341 e. The van der Waals surface area contributed by atoms with Crippen LogP contribution in [-0.4, -0.2) is 37.3 Å². The summed E-state index contributed by atoms with van der Waals surface area (Å²) in [5.74, 6) is 0.422. The van der Waals surface area contributed by atoms with Crippen molar-refractivity contribution in [3.63, 3.8) is 0 Å². The Hall–Kier alpha value is -2.08. The van der Waals surface area contributed by atoms with Crippen molar-refractivity contribution in [2.45, 2.75) is 59.0 Å². The molecule has 2 rings (SSSR count). The highest BCUT2D eigenvalue weighted by Crippen LogP contribution is 2.36. The Morgan fingerprint density at radius 2 is 1.81 bits per heavy atom. The van der Waals surface area contributed by atoms with Gasteiger partial charge in [-0.1, -0.05) is 6.92 Å². The number of nitrogens with one attached hydrogen (secondary N) is 1. The maximum atomic E-state index is 13.0. The molecule has 0 saturated heterocycles. The molecular formula is C21H31NO5. The van der Waals surface area contributed by atoms with Crippen LogP contribution >= 0.6 is 0 Å². The molecule has 0 heterocycles. The number of amides is 1. The third kappa shape index (κ3) is 5.22. The maximum Gasteiger partial charge on any atom is 0.341 e. The van der Waals surface area contributed by atoms with Crippen molar-refractivity contribution in [2.24, 2.45) is 5.92 Å². The molecule has 0 spiro atoms. The van der Waals surface area contributed by atoms with Gasteiger partial charge in [-0.25, -0.2) is 4.79 Å². The summed E-state index contributed by atoms with van der Waals surface area (Å²) < 4.78 is 16.5. The molecule has 1 amide bonds. The quantitative estimate of drug-likeness (QED) is 0.688. The second kappa shape index (κ2) is 9.74. The first kappa shape index (κ1) is 21.2. The number of carbonyl (C=O) groups excluding carboxylic acids is 2. The molecule has 0 aliphatic heterocycles. The first-order valence-electron chi connectivity index (χ1n) is 9.85. The van der Waals surface area contributed by atoms with E-state index in [2.05, 4.69) is 12.2 Å². The van der Waals surface area contributed by atoms with Crippen molar-refractivity contribution in [3.8, 4) is 5.75 Å². The van der Waals surface area contributed by atoms with Crippen LogP contribution in [0.15, 0.2) is 18.2 Å². The van der Waals surface area contributed by atoms with Gasteiger partial charge in [0.15, 0.2) is 0 Å². The Labute approximate surface area is 161 Å². The number of esters is 1. The third-order valence-corrected chi connectivity index (χ3v) is 4.95. The molecule has 1 aromatic rings. The maximum absolute atomic E-state index is 13.0. The Kier molecular flexibility index (Phi) is 7.66. The van der Waals surface area contributed by atoms with Crippen molar-refractivity contribution < 1.29 is 23.8 Å². The first-order chi connectivity index (χ1) is 13.0. The van der Waals surface area contributed by atoms with Gasteiger partial charge in [-0.05, 0) is 70.6 Å². The van der Waals surface area contributed by atoms with Crippen molar-refractivity contribution in [1.82, 2.24) is 0 Å². The highest BCUT2D eigenvalue weighted by molar-refractivity contribution is 5.99. The van der Waals surface area contributed by atoms with Crippen molar-refractivity contribution in [3.05, 3.63) is 23.8 Å². The molecule has 1 saturated carbocycles. The van der Waals surface area contributed by atoms with Gasteiger partial charge in [0, 0.05) is 12.3 Å². The monoisotopic (exact) mass is 377 g/mol. The van der Waals surface area contributed by atoms with E-state index < -0.39 is 11.6 Å². The van der Waals surface area contributed by atoms with Crippen molar-refractivity contribution in [1.29, 1.82) is 0 Å². The molecule has 1 aliphatic carbocycles. The van der Waals surface area contributed by atoms with Crippen LogP contribution in [0.3, 0.4) is 0 Å². The van der Waals surface area contributed by atoms with Gasteiger partial charge < -0.3 is 19.5 Å². The van der Waals surface area contributed by atoms with E-state index in [0.717, 1.165) is 12.8 Å². The number of ether oxygens (including phenoxy) is 3. The minimum absolute atomic E-state index is 0.157. The number of anilines is 1. The number of hydrogen-bond donors (Lipinski definition) is 1. The molecule has 1 aromatic carbocycles. The van der Waals surface area contributed by atoms with Gasteiger partial charge in [0.25, 0.3) is 5.91 Å². The van der Waals surface area contributed by atoms with Gasteiger partial charge in [-0.15, -0.1) is 0 Å². The summed E-state index contributed by atoms with van der Waals surface area (Å²) in [4.78, 5) is 25.3. The van der Waals surface area contributed by atoms with Crippen LogP contribution in [0.4, 0.5) is 5.69 Å². The van der Waals surface area contributed by atoms with Crippen molar-refractivity contribution in [2.75, 3.05) is 25.1 Å². The highest BCUT2D eigenvalue weighted by atomic mass is 16.5. The summed E-state index contributed by atoms with van der Waals surface area (Å²) >= 11 is 0. The van der Waals surface area contributed by atoms with Crippen LogP contribution in [0.5, 0.6) is 5.75 Å². The normalized spacial score (nSPS) is 22.1. The number of carbonyl (C=O) groups is 2.